The van der Waals surface area contributed by atoms with E-state index in [1.807, 2.05) is 31.2 Å². The van der Waals surface area contributed by atoms with Gasteiger partial charge in [-0.05, 0) is 62.3 Å². The van der Waals surface area contributed by atoms with Crippen molar-refractivity contribution in [2.75, 3.05) is 11.9 Å². The van der Waals surface area contributed by atoms with Gasteiger partial charge in [-0.3, -0.25) is 4.79 Å². The maximum atomic E-state index is 13.2. The topological polar surface area (TPSA) is 86.1 Å². The molecule has 1 amide bonds. The van der Waals surface area contributed by atoms with Crippen molar-refractivity contribution < 1.29 is 14.3 Å². The van der Waals surface area contributed by atoms with Crippen molar-refractivity contribution >= 4 is 39.2 Å². The number of nitrogens with zero attached hydrogens (tertiary/aromatic N) is 3. The van der Waals surface area contributed by atoms with Crippen LogP contribution in [0.1, 0.15) is 52.7 Å². The van der Waals surface area contributed by atoms with Crippen LogP contribution < -0.4 is 5.32 Å². The molecule has 180 valence electrons. The molecule has 7 nitrogen and oxygen atoms in total. The molecule has 0 fully saturated rings. The normalized spacial score (nSPS) is 13.3. The lowest BCUT2D eigenvalue weighted by atomic mass is 10.0. The number of aromatic nitrogens is 3. The van der Waals surface area contributed by atoms with Gasteiger partial charge in [-0.1, -0.05) is 36.8 Å². The van der Waals surface area contributed by atoms with Gasteiger partial charge in [-0.25, -0.2) is 14.5 Å². The third-order valence-corrected chi connectivity index (χ3v) is 7.55. The molecular weight excluding hydrogens is 460 g/mol. The first-order valence-corrected chi connectivity index (χ1v) is 12.9. The van der Waals surface area contributed by atoms with Crippen LogP contribution >= 0.6 is 11.3 Å². The van der Waals surface area contributed by atoms with Crippen molar-refractivity contribution in [3.8, 4) is 11.1 Å². The Balaban J connectivity index is 1.45. The molecule has 5 rings (SSSR count). The predicted octanol–water partition coefficient (Wildman–Crippen LogP) is 5.55. The van der Waals surface area contributed by atoms with Crippen LogP contribution in [0.15, 0.2) is 42.6 Å². The van der Waals surface area contributed by atoms with Crippen LogP contribution in [0, 0.1) is 6.92 Å². The summed E-state index contributed by atoms with van der Waals surface area (Å²) in [5.74, 6) is -0.611. The van der Waals surface area contributed by atoms with Crippen LogP contribution in [0.2, 0.25) is 0 Å². The number of fused-ring (bicyclic) bond motifs is 2. The minimum Gasteiger partial charge on any atom is -0.462 e. The molecule has 0 atom stereocenters. The fourth-order valence-electron chi connectivity index (χ4n) is 4.80. The molecular formula is C27H28N4O3S. The van der Waals surface area contributed by atoms with E-state index in [1.54, 1.807) is 17.8 Å². The third-order valence-electron chi connectivity index (χ3n) is 6.34. The maximum absolute atomic E-state index is 13.2. The fourth-order valence-corrected chi connectivity index (χ4v) is 6.10. The van der Waals surface area contributed by atoms with E-state index in [-0.39, 0.29) is 18.4 Å². The highest BCUT2D eigenvalue weighted by molar-refractivity contribution is 7.17. The summed E-state index contributed by atoms with van der Waals surface area (Å²) in [7, 11) is 0. The fraction of sp³-hybridized carbons (Fsp3) is 0.333. The van der Waals surface area contributed by atoms with Gasteiger partial charge in [0.25, 0.3) is 0 Å². The predicted molar refractivity (Wildman–Crippen MR) is 138 cm³/mol. The van der Waals surface area contributed by atoms with Crippen molar-refractivity contribution in [1.29, 1.82) is 0 Å². The first kappa shape index (κ1) is 23.2. The van der Waals surface area contributed by atoms with E-state index in [0.717, 1.165) is 59.9 Å². The van der Waals surface area contributed by atoms with E-state index in [0.29, 0.717) is 22.8 Å². The number of carbonyl (C=O) groups is 2. The molecule has 0 unspecified atom stereocenters. The Kier molecular flexibility index (Phi) is 6.63. The maximum Gasteiger partial charge on any atom is 0.341 e. The number of pyridine rings is 1. The molecule has 0 aliphatic heterocycles. The summed E-state index contributed by atoms with van der Waals surface area (Å²) in [4.78, 5) is 31.7. The Labute approximate surface area is 208 Å². The largest absolute Gasteiger partial charge is 0.462 e. The molecule has 1 aromatic carbocycles. The molecule has 3 heterocycles. The third kappa shape index (κ3) is 4.58. The molecule has 0 saturated heterocycles. The van der Waals surface area contributed by atoms with E-state index in [1.165, 1.54) is 16.2 Å². The number of hydrogen-bond donors (Lipinski definition) is 1. The summed E-state index contributed by atoms with van der Waals surface area (Å²) in [6, 6.07) is 12.1. The summed E-state index contributed by atoms with van der Waals surface area (Å²) in [6.45, 7) is 4.02. The second kappa shape index (κ2) is 10.00. The SMILES string of the molecule is CCOC(=O)c1c(NC(=O)Cn2nc(C)c3c(-c4ccccc4)ccnc32)sc2c1CCCCC2. The Morgan fingerprint density at radius 3 is 2.71 bits per heavy atom. The molecule has 1 aliphatic carbocycles. The van der Waals surface area contributed by atoms with Crippen molar-refractivity contribution in [3.05, 3.63) is 64.3 Å². The number of rotatable bonds is 6. The van der Waals surface area contributed by atoms with Gasteiger partial charge in [0.2, 0.25) is 5.91 Å². The second-order valence-corrected chi connectivity index (χ2v) is 9.81. The summed E-state index contributed by atoms with van der Waals surface area (Å²) in [6.07, 6.45) is 6.79. The minimum atomic E-state index is -0.364. The van der Waals surface area contributed by atoms with Gasteiger partial charge < -0.3 is 10.1 Å². The quantitative estimate of drug-likeness (QED) is 0.284. The molecule has 1 aliphatic rings. The lowest BCUT2D eigenvalue weighted by molar-refractivity contribution is -0.116. The number of nitrogens with one attached hydrogen (secondary N) is 1. The number of esters is 1. The van der Waals surface area contributed by atoms with Crippen molar-refractivity contribution in [2.24, 2.45) is 0 Å². The lowest BCUT2D eigenvalue weighted by Crippen LogP contribution is -2.21. The van der Waals surface area contributed by atoms with Crippen molar-refractivity contribution in [3.63, 3.8) is 0 Å². The minimum absolute atomic E-state index is 0.000412. The number of aryl methyl sites for hydroxylation is 2. The standard InChI is InChI=1S/C27H28N4O3S/c1-3-34-27(33)24-20-12-8-5-9-13-21(20)35-26(24)29-22(32)16-31-25-23(17(2)30-31)19(14-15-28-25)18-10-6-4-7-11-18/h4,6-7,10-11,14-15H,3,5,8-9,12-13,16H2,1-2H3,(H,29,32). The molecule has 8 heteroatoms. The molecule has 4 aromatic rings. The van der Waals surface area contributed by atoms with Gasteiger partial charge in [-0.2, -0.15) is 5.10 Å². The highest BCUT2D eigenvalue weighted by Crippen LogP contribution is 2.38. The van der Waals surface area contributed by atoms with Gasteiger partial charge in [0.05, 0.1) is 17.9 Å². The lowest BCUT2D eigenvalue weighted by Gasteiger charge is -2.09. The van der Waals surface area contributed by atoms with Gasteiger partial charge in [0.1, 0.15) is 11.5 Å². The number of hydrogen-bond acceptors (Lipinski definition) is 6. The van der Waals surface area contributed by atoms with E-state index >= 15 is 0 Å². The molecule has 0 bridgehead atoms. The number of ether oxygens (including phenoxy) is 1. The highest BCUT2D eigenvalue weighted by Gasteiger charge is 2.27. The summed E-state index contributed by atoms with van der Waals surface area (Å²) in [5.41, 5.74) is 5.14. The Morgan fingerprint density at radius 1 is 1.11 bits per heavy atom. The zero-order chi connectivity index (χ0) is 24.4. The molecule has 0 radical (unpaired) electrons. The van der Waals surface area contributed by atoms with Crippen LogP contribution in [0.5, 0.6) is 0 Å². The summed E-state index contributed by atoms with van der Waals surface area (Å²) >= 11 is 1.50. The smallest absolute Gasteiger partial charge is 0.341 e. The first-order chi connectivity index (χ1) is 17.1. The highest BCUT2D eigenvalue weighted by atomic mass is 32.1. The van der Waals surface area contributed by atoms with E-state index in [4.69, 9.17) is 4.74 Å². The number of anilines is 1. The Morgan fingerprint density at radius 2 is 1.91 bits per heavy atom. The molecule has 3 aromatic heterocycles. The Bertz CT molecular complexity index is 1390. The zero-order valence-corrected chi connectivity index (χ0v) is 20.8. The summed E-state index contributed by atoms with van der Waals surface area (Å²) in [5, 5.41) is 9.12. The van der Waals surface area contributed by atoms with Crippen LogP contribution in [-0.2, 0) is 28.9 Å². The molecule has 0 spiro atoms. The average Bonchev–Trinajstić information content (AvgIpc) is 3.26. The van der Waals surface area contributed by atoms with E-state index in [2.05, 4.69) is 27.5 Å². The first-order valence-electron chi connectivity index (χ1n) is 12.1. The van der Waals surface area contributed by atoms with Crippen LogP contribution in [-0.4, -0.2) is 33.2 Å². The van der Waals surface area contributed by atoms with Crippen molar-refractivity contribution in [1.82, 2.24) is 14.8 Å². The number of benzene rings is 1. The molecule has 1 N–H and O–H groups in total. The monoisotopic (exact) mass is 488 g/mol. The molecule has 0 saturated carbocycles. The average molecular weight is 489 g/mol. The van der Waals surface area contributed by atoms with Gasteiger partial charge in [-0.15, -0.1) is 11.3 Å². The zero-order valence-electron chi connectivity index (χ0n) is 20.0. The van der Waals surface area contributed by atoms with Gasteiger partial charge >= 0.3 is 5.97 Å². The van der Waals surface area contributed by atoms with E-state index < -0.39 is 0 Å². The Hall–Kier alpha value is -3.52. The summed E-state index contributed by atoms with van der Waals surface area (Å²) < 4.78 is 6.97. The van der Waals surface area contributed by atoms with Gasteiger partial charge in [0, 0.05) is 16.5 Å². The second-order valence-electron chi connectivity index (χ2n) is 8.70. The van der Waals surface area contributed by atoms with Crippen LogP contribution in [0.25, 0.3) is 22.2 Å². The van der Waals surface area contributed by atoms with Crippen LogP contribution in [0.4, 0.5) is 5.00 Å². The van der Waals surface area contributed by atoms with Gasteiger partial charge in [0.15, 0.2) is 5.65 Å². The number of amides is 1. The molecule has 35 heavy (non-hydrogen) atoms. The van der Waals surface area contributed by atoms with Crippen LogP contribution in [0.3, 0.4) is 0 Å². The number of carbonyl (C=O) groups excluding carboxylic acids is 2. The van der Waals surface area contributed by atoms with E-state index in [9.17, 15) is 9.59 Å². The number of thiophene rings is 1. The van der Waals surface area contributed by atoms with Crippen molar-refractivity contribution in [2.45, 2.75) is 52.5 Å².